The standard InChI is InChI=1S/C11H22N2O3/c1-3-7-13(8-4-2)10(14)6-5-9(12)11(15)16/h9H,3-8,12H2,1-2H3,(H,15,16)/t9-/m0/s1. The lowest BCUT2D eigenvalue weighted by Crippen LogP contribution is -2.35. The highest BCUT2D eigenvalue weighted by Crippen LogP contribution is 2.03. The average Bonchev–Trinajstić information content (AvgIpc) is 2.24. The van der Waals surface area contributed by atoms with Gasteiger partial charge in [-0.2, -0.15) is 0 Å². The minimum atomic E-state index is -1.05. The van der Waals surface area contributed by atoms with Crippen LogP contribution in [0.4, 0.5) is 0 Å². The Hall–Kier alpha value is -1.10. The minimum Gasteiger partial charge on any atom is -0.480 e. The third kappa shape index (κ3) is 5.70. The molecule has 0 saturated heterocycles. The van der Waals surface area contributed by atoms with Crippen LogP contribution < -0.4 is 5.73 Å². The quantitative estimate of drug-likeness (QED) is 0.647. The van der Waals surface area contributed by atoms with Crippen LogP contribution in [0.5, 0.6) is 0 Å². The first-order chi connectivity index (χ1) is 7.52. The van der Waals surface area contributed by atoms with E-state index in [-0.39, 0.29) is 18.7 Å². The molecule has 0 aromatic heterocycles. The van der Waals surface area contributed by atoms with Gasteiger partial charge in [0.05, 0.1) is 0 Å². The Bertz CT molecular complexity index is 225. The number of nitrogens with zero attached hydrogens (tertiary/aromatic N) is 1. The van der Waals surface area contributed by atoms with Crippen molar-refractivity contribution in [3.05, 3.63) is 0 Å². The van der Waals surface area contributed by atoms with Gasteiger partial charge in [-0.15, -0.1) is 0 Å². The predicted octanol–water partition coefficient (Wildman–Crippen LogP) is 0.827. The van der Waals surface area contributed by atoms with Gasteiger partial charge in [-0.3, -0.25) is 9.59 Å². The Morgan fingerprint density at radius 3 is 2.12 bits per heavy atom. The number of hydrogen-bond acceptors (Lipinski definition) is 3. The van der Waals surface area contributed by atoms with E-state index in [2.05, 4.69) is 0 Å². The molecular formula is C11H22N2O3. The normalized spacial score (nSPS) is 12.2. The van der Waals surface area contributed by atoms with Crippen LogP contribution in [-0.4, -0.2) is 41.0 Å². The summed E-state index contributed by atoms with van der Waals surface area (Å²) in [5.74, 6) is -1.05. The molecule has 0 aromatic carbocycles. The molecule has 0 aromatic rings. The molecule has 0 aliphatic heterocycles. The summed E-state index contributed by atoms with van der Waals surface area (Å²) in [7, 11) is 0. The van der Waals surface area contributed by atoms with Crippen LogP contribution in [0.15, 0.2) is 0 Å². The maximum atomic E-state index is 11.7. The lowest BCUT2D eigenvalue weighted by Gasteiger charge is -2.21. The van der Waals surface area contributed by atoms with Crippen molar-refractivity contribution in [2.45, 2.75) is 45.6 Å². The van der Waals surface area contributed by atoms with E-state index in [9.17, 15) is 9.59 Å². The second kappa shape index (κ2) is 8.10. The van der Waals surface area contributed by atoms with Gasteiger partial charge in [0.2, 0.25) is 5.91 Å². The van der Waals surface area contributed by atoms with E-state index >= 15 is 0 Å². The predicted molar refractivity (Wildman–Crippen MR) is 62.0 cm³/mol. The van der Waals surface area contributed by atoms with Crippen molar-refractivity contribution < 1.29 is 14.7 Å². The van der Waals surface area contributed by atoms with E-state index in [4.69, 9.17) is 10.8 Å². The topological polar surface area (TPSA) is 83.6 Å². The molecule has 5 nitrogen and oxygen atoms in total. The van der Waals surface area contributed by atoms with Crippen LogP contribution in [0, 0.1) is 0 Å². The zero-order valence-corrected chi connectivity index (χ0v) is 10.1. The van der Waals surface area contributed by atoms with Crippen LogP contribution in [0.3, 0.4) is 0 Å². The van der Waals surface area contributed by atoms with Gasteiger partial charge in [0.1, 0.15) is 6.04 Å². The van der Waals surface area contributed by atoms with Crippen molar-refractivity contribution >= 4 is 11.9 Å². The summed E-state index contributed by atoms with van der Waals surface area (Å²) in [6.07, 6.45) is 2.25. The summed E-state index contributed by atoms with van der Waals surface area (Å²) < 4.78 is 0. The summed E-state index contributed by atoms with van der Waals surface area (Å²) in [6, 6.07) is -0.936. The number of carbonyl (C=O) groups is 2. The molecule has 0 saturated carbocycles. The molecule has 3 N–H and O–H groups in total. The lowest BCUT2D eigenvalue weighted by atomic mass is 10.1. The molecule has 94 valence electrons. The van der Waals surface area contributed by atoms with E-state index in [1.165, 1.54) is 0 Å². The second-order valence-electron chi connectivity index (χ2n) is 3.86. The first-order valence-electron chi connectivity index (χ1n) is 5.79. The van der Waals surface area contributed by atoms with Gasteiger partial charge in [0.25, 0.3) is 0 Å². The fraction of sp³-hybridized carbons (Fsp3) is 0.818. The number of aliphatic carboxylic acids is 1. The van der Waals surface area contributed by atoms with E-state index in [1.54, 1.807) is 4.90 Å². The molecule has 1 amide bonds. The highest BCUT2D eigenvalue weighted by Gasteiger charge is 2.16. The Balaban J connectivity index is 4.04. The SMILES string of the molecule is CCCN(CCC)C(=O)CC[C@H](N)C(=O)O. The molecule has 0 fully saturated rings. The van der Waals surface area contributed by atoms with Crippen molar-refractivity contribution in [3.63, 3.8) is 0 Å². The largest absolute Gasteiger partial charge is 0.480 e. The third-order valence-corrected chi connectivity index (χ3v) is 2.33. The van der Waals surface area contributed by atoms with Crippen LogP contribution >= 0.6 is 0 Å². The molecule has 16 heavy (non-hydrogen) atoms. The second-order valence-corrected chi connectivity index (χ2v) is 3.86. The molecule has 5 heteroatoms. The van der Waals surface area contributed by atoms with Crippen molar-refractivity contribution in [2.24, 2.45) is 5.73 Å². The smallest absolute Gasteiger partial charge is 0.320 e. The first kappa shape index (κ1) is 14.9. The molecule has 0 radical (unpaired) electrons. The fourth-order valence-electron chi connectivity index (χ4n) is 1.46. The molecule has 0 aliphatic rings. The van der Waals surface area contributed by atoms with Crippen LogP contribution in [0.25, 0.3) is 0 Å². The number of carbonyl (C=O) groups excluding carboxylic acids is 1. The third-order valence-electron chi connectivity index (χ3n) is 2.33. The van der Waals surface area contributed by atoms with Gasteiger partial charge in [-0.1, -0.05) is 13.8 Å². The Kier molecular flexibility index (Phi) is 7.54. The van der Waals surface area contributed by atoms with E-state index in [0.29, 0.717) is 0 Å². The van der Waals surface area contributed by atoms with Crippen molar-refractivity contribution in [3.8, 4) is 0 Å². The number of carboxylic acids is 1. The van der Waals surface area contributed by atoms with Gasteiger partial charge in [0, 0.05) is 19.5 Å². The van der Waals surface area contributed by atoms with Gasteiger partial charge >= 0.3 is 5.97 Å². The summed E-state index contributed by atoms with van der Waals surface area (Å²) in [5.41, 5.74) is 5.34. The Labute approximate surface area is 96.6 Å². The zero-order valence-electron chi connectivity index (χ0n) is 10.1. The summed E-state index contributed by atoms with van der Waals surface area (Å²) in [5, 5.41) is 8.59. The number of carboxylic acid groups (broad SMARTS) is 1. The molecular weight excluding hydrogens is 208 g/mol. The molecule has 0 rings (SSSR count). The molecule has 0 unspecified atom stereocenters. The number of rotatable bonds is 8. The summed E-state index contributed by atoms with van der Waals surface area (Å²) >= 11 is 0. The van der Waals surface area contributed by atoms with E-state index in [1.807, 2.05) is 13.8 Å². The number of hydrogen-bond donors (Lipinski definition) is 2. The first-order valence-corrected chi connectivity index (χ1v) is 5.79. The number of amides is 1. The zero-order chi connectivity index (χ0) is 12.6. The van der Waals surface area contributed by atoms with Gasteiger partial charge < -0.3 is 15.7 Å². The van der Waals surface area contributed by atoms with Crippen LogP contribution in [0.2, 0.25) is 0 Å². The van der Waals surface area contributed by atoms with Crippen molar-refractivity contribution in [2.75, 3.05) is 13.1 Å². The number of nitrogens with two attached hydrogens (primary N) is 1. The van der Waals surface area contributed by atoms with Gasteiger partial charge in [0.15, 0.2) is 0 Å². The highest BCUT2D eigenvalue weighted by molar-refractivity contribution is 5.78. The summed E-state index contributed by atoms with van der Waals surface area (Å²) in [6.45, 7) is 5.49. The monoisotopic (exact) mass is 230 g/mol. The van der Waals surface area contributed by atoms with E-state index in [0.717, 1.165) is 25.9 Å². The Morgan fingerprint density at radius 1 is 1.25 bits per heavy atom. The lowest BCUT2D eigenvalue weighted by molar-refractivity contribution is -0.139. The van der Waals surface area contributed by atoms with Gasteiger partial charge in [-0.25, -0.2) is 0 Å². The highest BCUT2D eigenvalue weighted by atomic mass is 16.4. The van der Waals surface area contributed by atoms with Crippen LogP contribution in [0.1, 0.15) is 39.5 Å². The van der Waals surface area contributed by atoms with Crippen molar-refractivity contribution in [1.82, 2.24) is 4.90 Å². The molecule has 0 aliphatic carbocycles. The maximum absolute atomic E-state index is 11.7. The molecule has 0 spiro atoms. The van der Waals surface area contributed by atoms with Crippen LogP contribution in [-0.2, 0) is 9.59 Å². The molecule has 1 atom stereocenters. The Morgan fingerprint density at radius 2 is 1.75 bits per heavy atom. The minimum absolute atomic E-state index is 0.000370. The molecule has 0 bridgehead atoms. The summed E-state index contributed by atoms with van der Waals surface area (Å²) in [4.78, 5) is 24.0. The van der Waals surface area contributed by atoms with Gasteiger partial charge in [-0.05, 0) is 19.3 Å². The molecule has 0 heterocycles. The van der Waals surface area contributed by atoms with Crippen molar-refractivity contribution in [1.29, 1.82) is 0 Å². The van der Waals surface area contributed by atoms with E-state index < -0.39 is 12.0 Å². The average molecular weight is 230 g/mol. The fourth-order valence-corrected chi connectivity index (χ4v) is 1.46. The maximum Gasteiger partial charge on any atom is 0.320 e.